The summed E-state index contributed by atoms with van der Waals surface area (Å²) in [7, 11) is -1.48. The number of pyridine rings is 1. The van der Waals surface area contributed by atoms with Crippen LogP contribution in [0.2, 0.25) is 0 Å². The Hall–Kier alpha value is -3.80. The average molecular weight is 512 g/mol. The van der Waals surface area contributed by atoms with Crippen LogP contribution in [0, 0.1) is 12.3 Å². The van der Waals surface area contributed by atoms with Crippen molar-refractivity contribution < 1.29 is 27.2 Å². The minimum absolute atomic E-state index is 0.0308. The first kappa shape index (κ1) is 22.7. The smallest absolute Gasteiger partial charge is 0.272 e. The average Bonchev–Trinajstić information content (AvgIpc) is 3.22. The van der Waals surface area contributed by atoms with Gasteiger partial charge in [-0.25, -0.2) is 13.4 Å². The number of fused-ring (bicyclic) bond motifs is 3. The Morgan fingerprint density at radius 3 is 2.75 bits per heavy atom. The Morgan fingerprint density at radius 1 is 1.22 bits per heavy atom. The lowest BCUT2D eigenvalue weighted by Gasteiger charge is -2.27. The van der Waals surface area contributed by atoms with Crippen molar-refractivity contribution in [3.05, 3.63) is 47.4 Å². The van der Waals surface area contributed by atoms with Gasteiger partial charge in [-0.05, 0) is 43.9 Å². The number of ether oxygens (including phenoxy) is 3. The van der Waals surface area contributed by atoms with Crippen LogP contribution in [0.15, 0.2) is 40.0 Å². The highest BCUT2D eigenvalue weighted by atomic mass is 32.2. The van der Waals surface area contributed by atoms with Crippen molar-refractivity contribution in [2.75, 3.05) is 25.5 Å². The second-order valence-corrected chi connectivity index (χ2v) is 10.9. The minimum Gasteiger partial charge on any atom is -0.495 e. The number of hydrogen-bond acceptors (Lipinski definition) is 9. The molecular formula is C24H25N5O6S. The fourth-order valence-electron chi connectivity index (χ4n) is 4.76. The molecule has 0 radical (unpaired) electrons. The molecule has 0 unspecified atom stereocenters. The van der Waals surface area contributed by atoms with Gasteiger partial charge in [0.25, 0.3) is 10.0 Å². The quantitative estimate of drug-likeness (QED) is 0.397. The molecule has 0 atom stereocenters. The molecule has 1 fully saturated rings. The SMILES string of the molecule is COc1cc(C)nc(OC)c1S(=O)(=O)Nc1noc2cc(Cn3cccn3)c3c(c12)OCC1(CC1)C3. The van der Waals surface area contributed by atoms with E-state index in [2.05, 4.69) is 20.0 Å². The zero-order valence-electron chi connectivity index (χ0n) is 20.1. The van der Waals surface area contributed by atoms with E-state index in [1.807, 2.05) is 23.0 Å². The maximum Gasteiger partial charge on any atom is 0.272 e. The normalized spacial score (nSPS) is 16.0. The predicted octanol–water partition coefficient (Wildman–Crippen LogP) is 3.31. The summed E-state index contributed by atoms with van der Waals surface area (Å²) < 4.78 is 53.9. The van der Waals surface area contributed by atoms with Crippen molar-refractivity contribution in [3.8, 4) is 17.4 Å². The van der Waals surface area contributed by atoms with E-state index in [-0.39, 0.29) is 27.8 Å². The van der Waals surface area contributed by atoms with Crippen LogP contribution >= 0.6 is 0 Å². The van der Waals surface area contributed by atoms with Gasteiger partial charge in [0, 0.05) is 35.1 Å². The van der Waals surface area contributed by atoms with E-state index in [9.17, 15) is 8.42 Å². The monoisotopic (exact) mass is 511 g/mol. The van der Waals surface area contributed by atoms with E-state index >= 15 is 0 Å². The lowest BCUT2D eigenvalue weighted by Crippen LogP contribution is -2.24. The molecule has 1 N–H and O–H groups in total. The van der Waals surface area contributed by atoms with Crippen LogP contribution in [0.3, 0.4) is 0 Å². The first-order valence-corrected chi connectivity index (χ1v) is 13.0. The van der Waals surface area contributed by atoms with E-state index in [0.29, 0.717) is 35.6 Å². The summed E-state index contributed by atoms with van der Waals surface area (Å²) in [6.45, 7) is 2.83. The van der Waals surface area contributed by atoms with Crippen LogP contribution in [0.25, 0.3) is 11.0 Å². The summed E-state index contributed by atoms with van der Waals surface area (Å²) in [4.78, 5) is 3.97. The molecule has 4 heterocycles. The molecule has 1 aliphatic carbocycles. The number of nitrogens with zero attached hydrogens (tertiary/aromatic N) is 4. The molecule has 11 nitrogen and oxygen atoms in total. The third kappa shape index (κ3) is 3.72. The number of rotatable bonds is 7. The molecule has 2 aliphatic rings. The second kappa shape index (κ2) is 8.12. The van der Waals surface area contributed by atoms with Gasteiger partial charge in [0.1, 0.15) is 16.9 Å². The molecule has 188 valence electrons. The molecule has 0 saturated heterocycles. The summed E-state index contributed by atoms with van der Waals surface area (Å²) in [5, 5.41) is 8.87. The summed E-state index contributed by atoms with van der Waals surface area (Å²) in [5.74, 6) is 0.646. The Labute approximate surface area is 207 Å². The van der Waals surface area contributed by atoms with Crippen LogP contribution in [-0.4, -0.2) is 49.2 Å². The topological polar surface area (TPSA) is 131 Å². The van der Waals surface area contributed by atoms with Gasteiger partial charge in [0.15, 0.2) is 16.3 Å². The first-order valence-electron chi connectivity index (χ1n) is 11.5. The van der Waals surface area contributed by atoms with Crippen molar-refractivity contribution in [2.45, 2.75) is 37.6 Å². The largest absolute Gasteiger partial charge is 0.495 e. The van der Waals surface area contributed by atoms with Gasteiger partial charge < -0.3 is 18.7 Å². The molecule has 36 heavy (non-hydrogen) atoms. The Morgan fingerprint density at radius 2 is 2.06 bits per heavy atom. The molecule has 3 aromatic heterocycles. The number of methoxy groups -OCH3 is 2. The fourth-order valence-corrected chi connectivity index (χ4v) is 6.03. The lowest BCUT2D eigenvalue weighted by molar-refractivity contribution is 0.209. The van der Waals surface area contributed by atoms with Gasteiger partial charge in [-0.2, -0.15) is 5.10 Å². The number of aryl methyl sites for hydroxylation is 1. The second-order valence-electron chi connectivity index (χ2n) is 9.33. The van der Waals surface area contributed by atoms with E-state index in [1.54, 1.807) is 13.1 Å². The number of sulfonamides is 1. The molecule has 1 spiro atoms. The van der Waals surface area contributed by atoms with Crippen molar-refractivity contribution in [1.29, 1.82) is 0 Å². The maximum atomic E-state index is 13.5. The van der Waals surface area contributed by atoms with Crippen LogP contribution in [0.5, 0.6) is 17.4 Å². The number of aromatic nitrogens is 4. The van der Waals surface area contributed by atoms with Crippen LogP contribution in [0.4, 0.5) is 5.82 Å². The van der Waals surface area contributed by atoms with E-state index in [4.69, 9.17) is 18.7 Å². The van der Waals surface area contributed by atoms with Gasteiger partial charge in [-0.1, -0.05) is 5.16 Å². The summed E-state index contributed by atoms with van der Waals surface area (Å²) >= 11 is 0. The Balaban J connectivity index is 1.46. The Kier molecular flexibility index (Phi) is 5.11. The molecule has 0 bridgehead atoms. The van der Waals surface area contributed by atoms with Crippen molar-refractivity contribution in [3.63, 3.8) is 0 Å². The molecule has 6 rings (SSSR count). The number of anilines is 1. The third-order valence-electron chi connectivity index (χ3n) is 6.78. The van der Waals surface area contributed by atoms with Gasteiger partial charge in [0.2, 0.25) is 5.88 Å². The van der Waals surface area contributed by atoms with Gasteiger partial charge in [-0.3, -0.25) is 9.40 Å². The number of nitrogens with one attached hydrogen (secondary N) is 1. The van der Waals surface area contributed by atoms with Crippen molar-refractivity contribution in [1.82, 2.24) is 19.9 Å². The van der Waals surface area contributed by atoms with Gasteiger partial charge in [0.05, 0.1) is 27.4 Å². The minimum atomic E-state index is -4.22. The molecular weight excluding hydrogens is 486 g/mol. The first-order chi connectivity index (χ1) is 17.3. The number of benzene rings is 1. The fraction of sp³-hybridized carbons (Fsp3) is 0.375. The molecule has 4 aromatic rings. The van der Waals surface area contributed by atoms with Crippen LogP contribution in [0.1, 0.15) is 29.7 Å². The highest BCUT2D eigenvalue weighted by Crippen LogP contribution is 2.55. The highest BCUT2D eigenvalue weighted by molar-refractivity contribution is 7.93. The lowest BCUT2D eigenvalue weighted by atomic mass is 9.89. The van der Waals surface area contributed by atoms with Gasteiger partial charge >= 0.3 is 0 Å². The van der Waals surface area contributed by atoms with Crippen LogP contribution < -0.4 is 18.9 Å². The van der Waals surface area contributed by atoms with Crippen molar-refractivity contribution >= 4 is 26.8 Å². The highest BCUT2D eigenvalue weighted by Gasteiger charge is 2.47. The van der Waals surface area contributed by atoms with Crippen molar-refractivity contribution in [2.24, 2.45) is 5.41 Å². The molecule has 0 amide bonds. The van der Waals surface area contributed by atoms with Gasteiger partial charge in [-0.15, -0.1) is 0 Å². The van der Waals surface area contributed by atoms with Crippen LogP contribution in [-0.2, 0) is 23.0 Å². The predicted molar refractivity (Wildman–Crippen MR) is 129 cm³/mol. The summed E-state index contributed by atoms with van der Waals surface area (Å²) in [6, 6.07) is 5.29. The third-order valence-corrected chi connectivity index (χ3v) is 8.16. The maximum absolute atomic E-state index is 13.5. The zero-order valence-corrected chi connectivity index (χ0v) is 20.9. The number of hydrogen-bond donors (Lipinski definition) is 1. The molecule has 12 heteroatoms. The van der Waals surface area contributed by atoms with E-state index < -0.39 is 10.0 Å². The Bertz CT molecular complexity index is 1550. The zero-order chi connectivity index (χ0) is 25.1. The van der Waals surface area contributed by atoms with E-state index in [0.717, 1.165) is 30.4 Å². The molecule has 1 saturated carbocycles. The summed E-state index contributed by atoms with van der Waals surface area (Å²) in [6.07, 6.45) is 6.68. The van der Waals surface area contributed by atoms with E-state index in [1.165, 1.54) is 20.3 Å². The standard InChI is InChI=1S/C24H25N5O6S/c1-14-9-18(32-2)21(23(26-14)33-3)36(30,31)28-22-19-17(35-27-22)10-15(12-29-8-4-7-25-29)16-11-24(5-6-24)13-34-20(16)19/h4,7-10H,5-6,11-13H2,1-3H3,(H,27,28). The molecule has 1 aromatic carbocycles. The molecule has 1 aliphatic heterocycles. The summed E-state index contributed by atoms with van der Waals surface area (Å²) in [5.41, 5.74) is 3.14.